The highest BCUT2D eigenvalue weighted by molar-refractivity contribution is 6.30. The number of fused-ring (bicyclic) bond motifs is 1. The lowest BCUT2D eigenvalue weighted by Gasteiger charge is -2.11. The molecule has 0 saturated carbocycles. The molecule has 0 spiro atoms. The number of hydrogen-bond donors (Lipinski definition) is 0. The predicted octanol–water partition coefficient (Wildman–Crippen LogP) is 1.57. The van der Waals surface area contributed by atoms with Crippen molar-refractivity contribution in [2.45, 2.75) is 12.8 Å². The molecule has 0 N–H and O–H groups in total. The highest BCUT2D eigenvalue weighted by Crippen LogP contribution is 2.28. The number of carbonyl (C=O) groups excluding carboxylic acids is 1. The molecule has 84 valence electrons. The molecular formula is C10H10ClN3O2. The number of hydrogen-bond acceptors (Lipinski definition) is 5. The summed E-state index contributed by atoms with van der Waals surface area (Å²) in [5, 5.41) is 0.345. The van der Waals surface area contributed by atoms with E-state index in [4.69, 9.17) is 16.3 Å². The van der Waals surface area contributed by atoms with E-state index in [1.807, 2.05) is 0 Å². The van der Waals surface area contributed by atoms with Crippen molar-refractivity contribution < 1.29 is 9.53 Å². The van der Waals surface area contributed by atoms with E-state index in [2.05, 4.69) is 15.0 Å². The van der Waals surface area contributed by atoms with E-state index in [0.717, 1.165) is 0 Å². The Hall–Kier alpha value is -1.49. The van der Waals surface area contributed by atoms with Crippen LogP contribution in [0.15, 0.2) is 11.3 Å². The van der Waals surface area contributed by atoms with E-state index < -0.39 is 0 Å². The molecule has 1 atom stereocenters. The lowest BCUT2D eigenvalue weighted by molar-refractivity contribution is -0.145. The van der Waals surface area contributed by atoms with Gasteiger partial charge in [0.15, 0.2) is 5.82 Å². The number of nitrogens with zero attached hydrogens (tertiary/aromatic N) is 3. The van der Waals surface area contributed by atoms with Gasteiger partial charge in [-0.2, -0.15) is 0 Å². The van der Waals surface area contributed by atoms with Gasteiger partial charge in [-0.05, 0) is 12.8 Å². The van der Waals surface area contributed by atoms with E-state index in [0.29, 0.717) is 29.4 Å². The van der Waals surface area contributed by atoms with Gasteiger partial charge in [-0.15, -0.1) is 0 Å². The smallest absolute Gasteiger partial charge is 0.309 e. The summed E-state index contributed by atoms with van der Waals surface area (Å²) < 4.78 is 4.72. The Morgan fingerprint density at radius 3 is 3.12 bits per heavy atom. The van der Waals surface area contributed by atoms with Gasteiger partial charge in [0.2, 0.25) is 0 Å². The molecule has 0 saturated heterocycles. The van der Waals surface area contributed by atoms with Crippen LogP contribution in [0.5, 0.6) is 0 Å². The van der Waals surface area contributed by atoms with Gasteiger partial charge >= 0.3 is 5.97 Å². The first-order chi connectivity index (χ1) is 7.72. The number of carbonyl (C=O) groups is 1. The number of methoxy groups -OCH3 is 1. The lowest BCUT2D eigenvalue weighted by Crippen LogP contribution is -2.18. The van der Waals surface area contributed by atoms with Crippen molar-refractivity contribution in [2.24, 2.45) is 10.9 Å². The van der Waals surface area contributed by atoms with Crippen LogP contribution in [0, 0.1) is 5.92 Å². The van der Waals surface area contributed by atoms with Gasteiger partial charge in [0, 0.05) is 11.8 Å². The molecule has 2 rings (SSSR count). The zero-order chi connectivity index (χ0) is 11.5. The summed E-state index contributed by atoms with van der Waals surface area (Å²) in [6.45, 7) is 0. The molecule has 2 heterocycles. The van der Waals surface area contributed by atoms with Crippen LogP contribution < -0.4 is 0 Å². The third-order valence-corrected chi connectivity index (χ3v) is 2.78. The minimum Gasteiger partial charge on any atom is -0.469 e. The van der Waals surface area contributed by atoms with Crippen molar-refractivity contribution in [3.05, 3.63) is 17.0 Å². The maximum Gasteiger partial charge on any atom is 0.309 e. The molecule has 1 aromatic rings. The molecule has 5 nitrogen and oxygen atoms in total. The molecule has 0 aromatic carbocycles. The van der Waals surface area contributed by atoms with Gasteiger partial charge in [0.1, 0.15) is 11.5 Å². The Bertz CT molecular complexity index is 448. The van der Waals surface area contributed by atoms with Crippen LogP contribution in [0.2, 0.25) is 5.15 Å². The van der Waals surface area contributed by atoms with Crippen LogP contribution in [0.3, 0.4) is 0 Å². The van der Waals surface area contributed by atoms with E-state index in [9.17, 15) is 4.79 Å². The molecule has 0 amide bonds. The van der Waals surface area contributed by atoms with Gasteiger partial charge < -0.3 is 4.74 Å². The number of ether oxygens (including phenoxy) is 1. The summed E-state index contributed by atoms with van der Waals surface area (Å²) in [7, 11) is 1.37. The highest BCUT2D eigenvalue weighted by atomic mass is 35.5. The first kappa shape index (κ1) is 11.0. The van der Waals surface area contributed by atoms with E-state index in [1.165, 1.54) is 13.4 Å². The SMILES string of the molecule is COC(=O)C1CC=Nc2ncnc(Cl)c2C1. The summed E-state index contributed by atoms with van der Waals surface area (Å²) in [5.41, 5.74) is 0.702. The van der Waals surface area contributed by atoms with Crippen molar-refractivity contribution in [3.8, 4) is 0 Å². The second-order valence-electron chi connectivity index (χ2n) is 3.44. The Morgan fingerprint density at radius 2 is 2.38 bits per heavy atom. The minimum atomic E-state index is -0.265. The maximum atomic E-state index is 11.5. The fraction of sp³-hybridized carbons (Fsp3) is 0.400. The first-order valence-corrected chi connectivity index (χ1v) is 5.20. The van der Waals surface area contributed by atoms with Gasteiger partial charge in [0.05, 0.1) is 13.0 Å². The Morgan fingerprint density at radius 1 is 1.56 bits per heavy atom. The average molecular weight is 240 g/mol. The number of rotatable bonds is 1. The van der Waals surface area contributed by atoms with Crippen LogP contribution in [-0.2, 0) is 16.0 Å². The summed E-state index contributed by atoms with van der Waals surface area (Å²) in [6.07, 6.45) is 4.01. The number of aromatic nitrogens is 2. The largest absolute Gasteiger partial charge is 0.469 e. The molecule has 0 aliphatic carbocycles. The monoisotopic (exact) mass is 239 g/mol. The first-order valence-electron chi connectivity index (χ1n) is 4.82. The van der Waals surface area contributed by atoms with E-state index in [1.54, 1.807) is 6.21 Å². The molecule has 6 heteroatoms. The molecule has 1 aliphatic heterocycles. The summed E-state index contributed by atoms with van der Waals surface area (Å²) >= 11 is 5.95. The quantitative estimate of drug-likeness (QED) is 0.551. The van der Waals surface area contributed by atoms with Gasteiger partial charge in [0.25, 0.3) is 0 Å². The minimum absolute atomic E-state index is 0.265. The van der Waals surface area contributed by atoms with Gasteiger partial charge in [-0.3, -0.25) is 4.79 Å². The van der Waals surface area contributed by atoms with Gasteiger partial charge in [-0.1, -0.05) is 11.6 Å². The Balaban J connectivity index is 2.35. The molecule has 16 heavy (non-hydrogen) atoms. The van der Waals surface area contributed by atoms with Crippen molar-refractivity contribution >= 4 is 29.6 Å². The van der Waals surface area contributed by atoms with Crippen molar-refractivity contribution in [2.75, 3.05) is 7.11 Å². The fourth-order valence-corrected chi connectivity index (χ4v) is 1.82. The molecule has 1 aliphatic rings. The molecule has 0 bridgehead atoms. The summed E-state index contributed by atoms with van der Waals surface area (Å²) in [6, 6.07) is 0. The third kappa shape index (κ3) is 2.04. The zero-order valence-corrected chi connectivity index (χ0v) is 9.44. The van der Waals surface area contributed by atoms with Crippen molar-refractivity contribution in [3.63, 3.8) is 0 Å². The van der Waals surface area contributed by atoms with Crippen LogP contribution in [0.25, 0.3) is 0 Å². The Kier molecular flexibility index (Phi) is 3.14. The van der Waals surface area contributed by atoms with Crippen LogP contribution in [-0.4, -0.2) is 29.3 Å². The van der Waals surface area contributed by atoms with Crippen LogP contribution >= 0.6 is 11.6 Å². The topological polar surface area (TPSA) is 64.4 Å². The molecule has 1 unspecified atom stereocenters. The number of aliphatic imine (C=N–C) groups is 1. The standard InChI is InChI=1S/C10H10ClN3O2/c1-16-10(15)6-2-3-12-9-7(4-6)8(11)13-5-14-9/h3,5-6H,2,4H2,1H3. The molecule has 1 aromatic heterocycles. The fourth-order valence-electron chi connectivity index (χ4n) is 1.61. The summed E-state index contributed by atoms with van der Waals surface area (Å²) in [4.78, 5) is 23.5. The Labute approximate surface area is 97.5 Å². The predicted molar refractivity (Wildman–Crippen MR) is 59.0 cm³/mol. The van der Waals surface area contributed by atoms with Crippen LogP contribution in [0.4, 0.5) is 5.82 Å². The maximum absolute atomic E-state index is 11.5. The lowest BCUT2D eigenvalue weighted by atomic mass is 9.99. The number of halogens is 1. The second kappa shape index (κ2) is 4.57. The average Bonchev–Trinajstić information content (AvgIpc) is 2.51. The van der Waals surface area contributed by atoms with Gasteiger partial charge in [-0.25, -0.2) is 15.0 Å². The zero-order valence-electron chi connectivity index (χ0n) is 8.68. The third-order valence-electron chi connectivity index (χ3n) is 2.46. The van der Waals surface area contributed by atoms with Crippen molar-refractivity contribution in [1.29, 1.82) is 0 Å². The molecular weight excluding hydrogens is 230 g/mol. The van der Waals surface area contributed by atoms with Crippen molar-refractivity contribution in [1.82, 2.24) is 9.97 Å². The van der Waals surface area contributed by atoms with Crippen LogP contribution in [0.1, 0.15) is 12.0 Å². The van der Waals surface area contributed by atoms with E-state index >= 15 is 0 Å². The number of esters is 1. The second-order valence-corrected chi connectivity index (χ2v) is 3.80. The highest BCUT2D eigenvalue weighted by Gasteiger charge is 2.24. The molecule has 0 radical (unpaired) electrons. The summed E-state index contributed by atoms with van der Waals surface area (Å²) in [5.74, 6) is 0.00382. The molecule has 0 fully saturated rings. The van der Waals surface area contributed by atoms with E-state index in [-0.39, 0.29) is 11.9 Å². The normalized spacial score (nSPS) is 18.8.